The number of nitrogens with one attached hydrogen (secondary N) is 2. The maximum Gasteiger partial charge on any atom is 0.252 e. The summed E-state index contributed by atoms with van der Waals surface area (Å²) in [6.45, 7) is 0.218. The van der Waals surface area contributed by atoms with Gasteiger partial charge in [-0.15, -0.1) is 0 Å². The molecule has 116 valence electrons. The predicted octanol–water partition coefficient (Wildman–Crippen LogP) is 0.983. The highest BCUT2D eigenvalue weighted by molar-refractivity contribution is 5.93. The number of hydrogen-bond acceptors (Lipinski definition) is 5. The highest BCUT2D eigenvalue weighted by Gasteiger charge is 2.02. The molecule has 1 heterocycles. The number of hydrogen-bond donors (Lipinski definition) is 3. The van der Waals surface area contributed by atoms with Crippen LogP contribution in [-0.2, 0) is 11.3 Å². The average molecular weight is 303 g/mol. The van der Waals surface area contributed by atoms with Crippen LogP contribution in [0.5, 0.6) is 5.75 Å². The van der Waals surface area contributed by atoms with Crippen LogP contribution in [0.4, 0.5) is 11.6 Å². The second kappa shape index (κ2) is 7.23. The van der Waals surface area contributed by atoms with Gasteiger partial charge in [-0.05, 0) is 12.1 Å². The number of anilines is 1. The predicted molar refractivity (Wildman–Crippen MR) is 83.5 cm³/mol. The Balaban J connectivity index is 2.19. The zero-order valence-corrected chi connectivity index (χ0v) is 12.3. The van der Waals surface area contributed by atoms with E-state index in [4.69, 9.17) is 15.2 Å². The van der Waals surface area contributed by atoms with Gasteiger partial charge >= 0.3 is 0 Å². The zero-order valence-electron chi connectivity index (χ0n) is 12.3. The molecule has 2 rings (SSSR count). The number of nitrogens with two attached hydrogens (primary N) is 1. The number of aromatic nitrogens is 2. The third kappa shape index (κ3) is 4.32. The van der Waals surface area contributed by atoms with Crippen LogP contribution >= 0.6 is 0 Å². The lowest BCUT2D eigenvalue weighted by Crippen LogP contribution is -2.22. The number of H-pyrrole nitrogens is 1. The maximum atomic E-state index is 11.5. The van der Waals surface area contributed by atoms with Gasteiger partial charge in [0.2, 0.25) is 11.9 Å². The third-order valence-corrected chi connectivity index (χ3v) is 2.64. The fraction of sp³-hybridized carbons (Fsp3) is 0.214. The van der Waals surface area contributed by atoms with Gasteiger partial charge in [0.25, 0.3) is 5.56 Å². The minimum absolute atomic E-state index is 0.0889. The Morgan fingerprint density at radius 1 is 1.41 bits per heavy atom. The van der Waals surface area contributed by atoms with E-state index in [1.165, 1.54) is 13.2 Å². The lowest BCUT2D eigenvalue weighted by atomic mass is 10.3. The number of methoxy groups -OCH3 is 2. The van der Waals surface area contributed by atoms with Crippen molar-refractivity contribution in [2.45, 2.75) is 6.61 Å². The number of aliphatic imine (C=N–C) groups is 1. The monoisotopic (exact) mass is 303 g/mol. The Kier molecular flexibility index (Phi) is 5.10. The van der Waals surface area contributed by atoms with Crippen molar-refractivity contribution in [1.82, 2.24) is 9.97 Å². The van der Waals surface area contributed by atoms with Crippen molar-refractivity contribution in [2.75, 3.05) is 19.5 Å². The highest BCUT2D eigenvalue weighted by atomic mass is 16.5. The fourth-order valence-corrected chi connectivity index (χ4v) is 1.76. The molecule has 0 aliphatic rings. The van der Waals surface area contributed by atoms with Crippen molar-refractivity contribution in [3.63, 3.8) is 0 Å². The summed E-state index contributed by atoms with van der Waals surface area (Å²) < 4.78 is 10.1. The largest absolute Gasteiger partial charge is 0.497 e. The molecule has 8 heteroatoms. The number of benzene rings is 1. The normalized spacial score (nSPS) is 11.3. The summed E-state index contributed by atoms with van der Waals surface area (Å²) in [7, 11) is 3.09. The highest BCUT2D eigenvalue weighted by Crippen LogP contribution is 2.16. The summed E-state index contributed by atoms with van der Waals surface area (Å²) in [4.78, 5) is 22.2. The molecule has 1 aromatic heterocycles. The van der Waals surface area contributed by atoms with Crippen molar-refractivity contribution >= 4 is 17.6 Å². The topological polar surface area (TPSA) is 115 Å². The summed E-state index contributed by atoms with van der Waals surface area (Å²) >= 11 is 0. The molecular formula is C14H17N5O3. The minimum Gasteiger partial charge on any atom is -0.497 e. The summed E-state index contributed by atoms with van der Waals surface area (Å²) in [5, 5.41) is 2.89. The Bertz CT molecular complexity index is 726. The Morgan fingerprint density at radius 2 is 2.23 bits per heavy atom. The van der Waals surface area contributed by atoms with E-state index in [9.17, 15) is 4.79 Å². The van der Waals surface area contributed by atoms with Crippen LogP contribution in [-0.4, -0.2) is 30.1 Å². The molecule has 8 nitrogen and oxygen atoms in total. The molecule has 0 fully saturated rings. The lowest BCUT2D eigenvalue weighted by Gasteiger charge is -2.07. The van der Waals surface area contributed by atoms with Gasteiger partial charge in [0.15, 0.2) is 0 Å². The second-order valence-corrected chi connectivity index (χ2v) is 4.35. The molecule has 0 radical (unpaired) electrons. The van der Waals surface area contributed by atoms with Gasteiger partial charge in [0, 0.05) is 24.9 Å². The van der Waals surface area contributed by atoms with Crippen LogP contribution < -0.4 is 21.3 Å². The Hall–Kier alpha value is -2.87. The average Bonchev–Trinajstić information content (AvgIpc) is 2.47. The molecule has 4 N–H and O–H groups in total. The number of aromatic amines is 1. The van der Waals surface area contributed by atoms with Crippen LogP contribution in [0.2, 0.25) is 0 Å². The summed E-state index contributed by atoms with van der Waals surface area (Å²) in [6, 6.07) is 8.54. The quantitative estimate of drug-likeness (QED) is 0.560. The maximum absolute atomic E-state index is 11.5. The van der Waals surface area contributed by atoms with Gasteiger partial charge in [0.1, 0.15) is 5.75 Å². The molecule has 22 heavy (non-hydrogen) atoms. The first kappa shape index (κ1) is 15.5. The molecule has 0 atom stereocenters. The molecule has 0 unspecified atom stereocenters. The van der Waals surface area contributed by atoms with Crippen LogP contribution in [0.1, 0.15) is 5.69 Å². The van der Waals surface area contributed by atoms with Crippen LogP contribution in [0, 0.1) is 0 Å². The lowest BCUT2D eigenvalue weighted by molar-refractivity contribution is 0.181. The first-order valence-electron chi connectivity index (χ1n) is 6.45. The van der Waals surface area contributed by atoms with E-state index in [0.29, 0.717) is 17.1 Å². The minimum atomic E-state index is -0.324. The van der Waals surface area contributed by atoms with E-state index in [0.717, 1.165) is 0 Å². The van der Waals surface area contributed by atoms with E-state index < -0.39 is 0 Å². The Morgan fingerprint density at radius 3 is 2.95 bits per heavy atom. The van der Waals surface area contributed by atoms with Crippen molar-refractivity contribution in [2.24, 2.45) is 10.7 Å². The van der Waals surface area contributed by atoms with E-state index in [1.54, 1.807) is 13.2 Å². The van der Waals surface area contributed by atoms with E-state index in [-0.39, 0.29) is 24.1 Å². The van der Waals surface area contributed by atoms with Crippen molar-refractivity contribution in [1.29, 1.82) is 0 Å². The number of nitrogens with zero attached hydrogens (tertiary/aromatic N) is 2. The van der Waals surface area contributed by atoms with Gasteiger partial charge in [-0.3, -0.25) is 9.78 Å². The molecule has 0 amide bonds. The molecule has 0 spiro atoms. The first-order valence-corrected chi connectivity index (χ1v) is 6.45. The standard InChI is InChI=1S/C14H17N5O3/c1-21-8-10-7-12(20)18-14(17-10)19-13(15)16-9-4-3-5-11(6-9)22-2/h3-7H,8H2,1-2H3,(H4,15,16,17,18,19,20). The SMILES string of the molecule is COCc1cc(=O)[nH]c(/N=C(/N)Nc2cccc(OC)c2)n1. The molecule has 0 saturated carbocycles. The zero-order chi connectivity index (χ0) is 15.9. The van der Waals surface area contributed by atoms with Crippen LogP contribution in [0.15, 0.2) is 40.1 Å². The van der Waals surface area contributed by atoms with Gasteiger partial charge in [-0.25, -0.2) is 4.98 Å². The summed E-state index contributed by atoms with van der Waals surface area (Å²) in [5.41, 5.74) is 6.66. The third-order valence-electron chi connectivity index (χ3n) is 2.64. The van der Waals surface area contributed by atoms with Gasteiger partial charge in [-0.1, -0.05) is 6.07 Å². The molecule has 2 aromatic rings. The van der Waals surface area contributed by atoms with Crippen molar-refractivity contribution < 1.29 is 9.47 Å². The molecule has 0 saturated heterocycles. The van der Waals surface area contributed by atoms with Gasteiger partial charge in [-0.2, -0.15) is 4.99 Å². The first-order chi connectivity index (χ1) is 10.6. The number of ether oxygens (including phenoxy) is 2. The fourth-order valence-electron chi connectivity index (χ4n) is 1.76. The molecule has 0 aliphatic carbocycles. The molecular weight excluding hydrogens is 286 g/mol. The Labute approximate surface area is 127 Å². The second-order valence-electron chi connectivity index (χ2n) is 4.35. The molecule has 0 aliphatic heterocycles. The van der Waals surface area contributed by atoms with E-state index in [1.807, 2.05) is 18.2 Å². The smallest absolute Gasteiger partial charge is 0.252 e. The number of rotatable bonds is 5. The summed E-state index contributed by atoms with van der Waals surface area (Å²) in [6.07, 6.45) is 0. The number of guanidine groups is 1. The van der Waals surface area contributed by atoms with Gasteiger partial charge < -0.3 is 20.5 Å². The van der Waals surface area contributed by atoms with Gasteiger partial charge in [0.05, 0.1) is 19.4 Å². The molecule has 0 bridgehead atoms. The molecule has 1 aromatic carbocycles. The van der Waals surface area contributed by atoms with Crippen molar-refractivity contribution in [3.05, 3.63) is 46.4 Å². The van der Waals surface area contributed by atoms with Crippen LogP contribution in [0.3, 0.4) is 0 Å². The van der Waals surface area contributed by atoms with Crippen molar-refractivity contribution in [3.8, 4) is 5.75 Å². The van der Waals surface area contributed by atoms with E-state index in [2.05, 4.69) is 20.3 Å². The summed E-state index contributed by atoms with van der Waals surface area (Å²) in [5.74, 6) is 0.879. The van der Waals surface area contributed by atoms with E-state index >= 15 is 0 Å². The van der Waals surface area contributed by atoms with Crippen LogP contribution in [0.25, 0.3) is 0 Å².